The van der Waals surface area contributed by atoms with Crippen molar-refractivity contribution in [3.05, 3.63) is 65.2 Å². The molecule has 0 bridgehead atoms. The van der Waals surface area contributed by atoms with Gasteiger partial charge in [0.25, 0.3) is 0 Å². The molecule has 0 spiro atoms. The lowest BCUT2D eigenvalue weighted by Gasteiger charge is -2.14. The van der Waals surface area contributed by atoms with E-state index in [1.54, 1.807) is 31.4 Å². The quantitative estimate of drug-likeness (QED) is 0.767. The fourth-order valence-corrected chi connectivity index (χ4v) is 2.18. The molecule has 0 saturated carbocycles. The highest BCUT2D eigenvalue weighted by Crippen LogP contribution is 2.16. The van der Waals surface area contributed by atoms with Gasteiger partial charge in [0.05, 0.1) is 13.2 Å². The summed E-state index contributed by atoms with van der Waals surface area (Å²) in [4.78, 5) is 11.8. The molecule has 0 aliphatic carbocycles. The Labute approximate surface area is 136 Å². The molecular formula is C18H22N2O3. The lowest BCUT2D eigenvalue weighted by atomic mass is 10.1. The molecule has 122 valence electrons. The number of ether oxygens (including phenoxy) is 1. The number of urea groups is 1. The average Bonchev–Trinajstić information content (AvgIpc) is 2.59. The Morgan fingerprint density at radius 1 is 1.13 bits per heavy atom. The molecule has 0 radical (unpaired) electrons. The van der Waals surface area contributed by atoms with Gasteiger partial charge in [0.2, 0.25) is 0 Å². The van der Waals surface area contributed by atoms with Crippen molar-refractivity contribution < 1.29 is 14.6 Å². The number of aliphatic hydroxyl groups is 1. The normalized spacial score (nSPS) is 11.6. The summed E-state index contributed by atoms with van der Waals surface area (Å²) in [6.45, 7) is 2.60. The molecule has 0 heterocycles. The molecule has 5 nitrogen and oxygen atoms in total. The number of amides is 2. The van der Waals surface area contributed by atoms with Crippen LogP contribution in [0.2, 0.25) is 0 Å². The number of carbonyl (C=O) groups excluding carboxylic acids is 1. The first-order valence-corrected chi connectivity index (χ1v) is 7.48. The number of aryl methyl sites for hydroxylation is 1. The number of methoxy groups -OCH3 is 1. The number of hydrogen-bond donors (Lipinski definition) is 3. The van der Waals surface area contributed by atoms with E-state index in [1.807, 2.05) is 31.2 Å². The van der Waals surface area contributed by atoms with Gasteiger partial charge in [-0.05, 0) is 35.7 Å². The van der Waals surface area contributed by atoms with Crippen molar-refractivity contribution in [1.82, 2.24) is 10.6 Å². The van der Waals surface area contributed by atoms with Crippen LogP contribution < -0.4 is 15.4 Å². The van der Waals surface area contributed by atoms with E-state index in [0.29, 0.717) is 6.54 Å². The Bertz CT molecular complexity index is 641. The van der Waals surface area contributed by atoms with Crippen LogP contribution in [-0.2, 0) is 6.54 Å². The third kappa shape index (κ3) is 5.00. The lowest BCUT2D eigenvalue weighted by molar-refractivity contribution is 0.173. The molecule has 0 aliphatic heterocycles. The molecule has 3 N–H and O–H groups in total. The molecule has 2 aromatic rings. The molecular weight excluding hydrogens is 292 g/mol. The zero-order valence-corrected chi connectivity index (χ0v) is 13.4. The summed E-state index contributed by atoms with van der Waals surface area (Å²) in [6.07, 6.45) is -0.759. The first kappa shape index (κ1) is 16.8. The van der Waals surface area contributed by atoms with Crippen molar-refractivity contribution >= 4 is 6.03 Å². The Kier molecular flexibility index (Phi) is 6.00. The summed E-state index contributed by atoms with van der Waals surface area (Å²) in [7, 11) is 1.59. The molecule has 0 saturated heterocycles. The SMILES string of the molecule is COc1ccc(C(O)CNC(=O)NCc2ccccc2C)cc1. The van der Waals surface area contributed by atoms with E-state index >= 15 is 0 Å². The van der Waals surface area contributed by atoms with E-state index in [9.17, 15) is 9.90 Å². The zero-order chi connectivity index (χ0) is 16.7. The molecule has 0 fully saturated rings. The minimum atomic E-state index is -0.759. The van der Waals surface area contributed by atoms with Crippen LogP contribution >= 0.6 is 0 Å². The smallest absolute Gasteiger partial charge is 0.315 e. The largest absolute Gasteiger partial charge is 0.497 e. The number of nitrogens with one attached hydrogen (secondary N) is 2. The summed E-state index contributed by atoms with van der Waals surface area (Å²) in [6, 6.07) is 14.7. The van der Waals surface area contributed by atoms with Gasteiger partial charge in [-0.2, -0.15) is 0 Å². The molecule has 0 aromatic heterocycles. The molecule has 5 heteroatoms. The first-order chi connectivity index (χ1) is 11.1. The summed E-state index contributed by atoms with van der Waals surface area (Å²) in [5, 5.41) is 15.5. The summed E-state index contributed by atoms with van der Waals surface area (Å²) in [5.74, 6) is 0.727. The van der Waals surface area contributed by atoms with E-state index < -0.39 is 6.10 Å². The van der Waals surface area contributed by atoms with Crippen LogP contribution in [0, 0.1) is 6.92 Å². The third-order valence-corrected chi connectivity index (χ3v) is 3.66. The minimum Gasteiger partial charge on any atom is -0.497 e. The minimum absolute atomic E-state index is 0.145. The van der Waals surface area contributed by atoms with Gasteiger partial charge in [-0.3, -0.25) is 0 Å². The maximum Gasteiger partial charge on any atom is 0.315 e. The molecule has 0 aliphatic rings. The van der Waals surface area contributed by atoms with Crippen molar-refractivity contribution in [2.45, 2.75) is 19.6 Å². The fraction of sp³-hybridized carbons (Fsp3) is 0.278. The van der Waals surface area contributed by atoms with E-state index in [0.717, 1.165) is 22.4 Å². The number of aliphatic hydroxyl groups excluding tert-OH is 1. The number of hydrogen-bond acceptors (Lipinski definition) is 3. The average molecular weight is 314 g/mol. The van der Waals surface area contributed by atoms with Crippen LogP contribution in [0.1, 0.15) is 22.8 Å². The predicted molar refractivity (Wildman–Crippen MR) is 89.4 cm³/mol. The fourth-order valence-electron chi connectivity index (χ4n) is 2.18. The van der Waals surface area contributed by atoms with Gasteiger partial charge < -0.3 is 20.5 Å². The van der Waals surface area contributed by atoms with Gasteiger partial charge in [0, 0.05) is 13.1 Å². The van der Waals surface area contributed by atoms with Crippen LogP contribution in [0.15, 0.2) is 48.5 Å². The molecule has 23 heavy (non-hydrogen) atoms. The predicted octanol–water partition coefficient (Wildman–Crippen LogP) is 2.54. The zero-order valence-electron chi connectivity index (χ0n) is 13.4. The number of benzene rings is 2. The first-order valence-electron chi connectivity index (χ1n) is 7.48. The second-order valence-electron chi connectivity index (χ2n) is 5.28. The second-order valence-corrected chi connectivity index (χ2v) is 5.28. The van der Waals surface area contributed by atoms with Crippen LogP contribution in [0.4, 0.5) is 4.79 Å². The van der Waals surface area contributed by atoms with E-state index in [2.05, 4.69) is 10.6 Å². The number of carbonyl (C=O) groups is 1. The van der Waals surface area contributed by atoms with Gasteiger partial charge in [0.1, 0.15) is 5.75 Å². The molecule has 2 amide bonds. The van der Waals surface area contributed by atoms with Gasteiger partial charge in [-0.1, -0.05) is 36.4 Å². The summed E-state index contributed by atoms with van der Waals surface area (Å²) in [5.41, 5.74) is 2.93. The van der Waals surface area contributed by atoms with Crippen LogP contribution in [0.3, 0.4) is 0 Å². The Morgan fingerprint density at radius 2 is 1.83 bits per heavy atom. The maximum atomic E-state index is 11.8. The molecule has 2 rings (SSSR count). The number of rotatable bonds is 6. The molecule has 2 aromatic carbocycles. The van der Waals surface area contributed by atoms with Gasteiger partial charge in [-0.25, -0.2) is 4.79 Å². The topological polar surface area (TPSA) is 70.6 Å². The maximum absolute atomic E-state index is 11.8. The highest BCUT2D eigenvalue weighted by atomic mass is 16.5. The monoisotopic (exact) mass is 314 g/mol. The van der Waals surface area contributed by atoms with E-state index in [1.165, 1.54) is 0 Å². The summed E-state index contributed by atoms with van der Waals surface area (Å²) < 4.78 is 5.07. The highest BCUT2D eigenvalue weighted by Gasteiger charge is 2.09. The van der Waals surface area contributed by atoms with Crippen LogP contribution in [-0.4, -0.2) is 24.8 Å². The van der Waals surface area contributed by atoms with Crippen molar-refractivity contribution in [2.24, 2.45) is 0 Å². The van der Waals surface area contributed by atoms with Crippen molar-refractivity contribution in [3.8, 4) is 5.75 Å². The summed E-state index contributed by atoms with van der Waals surface area (Å²) >= 11 is 0. The standard InChI is InChI=1S/C18H22N2O3/c1-13-5-3-4-6-15(13)11-19-18(22)20-12-17(21)14-7-9-16(23-2)10-8-14/h3-10,17,21H,11-12H2,1-2H3,(H2,19,20,22). The Morgan fingerprint density at radius 3 is 2.48 bits per heavy atom. The Hall–Kier alpha value is -2.53. The third-order valence-electron chi connectivity index (χ3n) is 3.66. The van der Waals surface area contributed by atoms with Gasteiger partial charge >= 0.3 is 6.03 Å². The van der Waals surface area contributed by atoms with E-state index in [4.69, 9.17) is 4.74 Å². The van der Waals surface area contributed by atoms with Crippen molar-refractivity contribution in [3.63, 3.8) is 0 Å². The van der Waals surface area contributed by atoms with Crippen LogP contribution in [0.5, 0.6) is 5.75 Å². The van der Waals surface area contributed by atoms with Crippen molar-refractivity contribution in [1.29, 1.82) is 0 Å². The lowest BCUT2D eigenvalue weighted by Crippen LogP contribution is -2.37. The molecule has 1 unspecified atom stereocenters. The van der Waals surface area contributed by atoms with Crippen molar-refractivity contribution in [2.75, 3.05) is 13.7 Å². The van der Waals surface area contributed by atoms with E-state index in [-0.39, 0.29) is 12.6 Å². The Balaban J connectivity index is 1.78. The van der Waals surface area contributed by atoms with Crippen LogP contribution in [0.25, 0.3) is 0 Å². The highest BCUT2D eigenvalue weighted by molar-refractivity contribution is 5.73. The van der Waals surface area contributed by atoms with Gasteiger partial charge in [0.15, 0.2) is 0 Å². The molecule has 1 atom stereocenters. The van der Waals surface area contributed by atoms with Gasteiger partial charge in [-0.15, -0.1) is 0 Å². The second kappa shape index (κ2) is 8.19.